The van der Waals surface area contributed by atoms with Crippen molar-refractivity contribution in [1.82, 2.24) is 10.6 Å². The average Bonchev–Trinajstić information content (AvgIpc) is 2.56. The van der Waals surface area contributed by atoms with E-state index < -0.39 is 11.6 Å². The summed E-state index contributed by atoms with van der Waals surface area (Å²) in [5.41, 5.74) is 3.05. The molecule has 0 bridgehead atoms. The number of carbonyl (C=O) groups excluding carboxylic acids is 1. The van der Waals surface area contributed by atoms with E-state index in [2.05, 4.69) is 10.6 Å². The lowest BCUT2D eigenvalue weighted by Gasteiger charge is -2.30. The number of hydrogen-bond acceptors (Lipinski definition) is 2. The van der Waals surface area contributed by atoms with Crippen LogP contribution in [0.5, 0.6) is 0 Å². The third-order valence-corrected chi connectivity index (χ3v) is 4.63. The molecule has 6 heteroatoms. The Kier molecular flexibility index (Phi) is 4.52. The van der Waals surface area contributed by atoms with Crippen LogP contribution in [0.1, 0.15) is 31.0 Å². The second kappa shape index (κ2) is 6.48. The molecule has 2 aromatic carbocycles. The Hall–Kier alpha value is -2.40. The fraction of sp³-hybridized carbons (Fsp3) is 0.211. The molecule has 0 fully saturated rings. The number of amides is 1. The van der Waals surface area contributed by atoms with Gasteiger partial charge < -0.3 is 10.6 Å². The van der Waals surface area contributed by atoms with Crippen molar-refractivity contribution >= 4 is 23.1 Å². The lowest BCUT2D eigenvalue weighted by molar-refractivity contribution is -0.117. The van der Waals surface area contributed by atoms with Crippen LogP contribution in [0.3, 0.4) is 0 Å². The zero-order valence-corrected chi connectivity index (χ0v) is 14.8. The minimum Gasteiger partial charge on any atom is -0.374 e. The van der Waals surface area contributed by atoms with Crippen LogP contribution < -0.4 is 10.6 Å². The van der Waals surface area contributed by atoms with Gasteiger partial charge in [-0.1, -0.05) is 11.6 Å². The van der Waals surface area contributed by atoms with Crippen LogP contribution in [-0.4, -0.2) is 13.0 Å². The summed E-state index contributed by atoms with van der Waals surface area (Å²) in [7, 11) is 1.53. The highest BCUT2D eigenvalue weighted by Gasteiger charge is 2.28. The van der Waals surface area contributed by atoms with Gasteiger partial charge in [0, 0.05) is 23.7 Å². The molecule has 1 aliphatic rings. The largest absolute Gasteiger partial charge is 0.374 e. The molecule has 130 valence electrons. The van der Waals surface area contributed by atoms with Crippen molar-refractivity contribution in [3.63, 3.8) is 0 Å². The molecule has 2 N–H and O–H groups in total. The molecular weight excluding hydrogens is 346 g/mol. The van der Waals surface area contributed by atoms with Crippen LogP contribution in [0.25, 0.3) is 16.7 Å². The van der Waals surface area contributed by atoms with Gasteiger partial charge in [-0.15, -0.1) is 0 Å². The average molecular weight is 363 g/mol. The van der Waals surface area contributed by atoms with Gasteiger partial charge in [-0.25, -0.2) is 8.78 Å². The van der Waals surface area contributed by atoms with Gasteiger partial charge in [-0.3, -0.25) is 4.79 Å². The highest BCUT2D eigenvalue weighted by atomic mass is 35.5. The number of carbonyl (C=O) groups is 1. The second-order valence-corrected chi connectivity index (χ2v) is 6.42. The maximum Gasteiger partial charge on any atom is 0.267 e. The number of likely N-dealkylation sites (N-methyl/N-ethyl adjacent to an activating group) is 1. The molecule has 1 aliphatic heterocycles. The number of nitrogens with one attached hydrogen (secondary N) is 2. The van der Waals surface area contributed by atoms with Crippen molar-refractivity contribution in [2.75, 3.05) is 7.05 Å². The van der Waals surface area contributed by atoms with E-state index in [1.54, 1.807) is 13.0 Å². The molecule has 0 aromatic heterocycles. The van der Waals surface area contributed by atoms with E-state index in [1.165, 1.54) is 31.3 Å². The molecule has 1 atom stereocenters. The third-order valence-electron chi connectivity index (χ3n) is 4.39. The summed E-state index contributed by atoms with van der Waals surface area (Å²) in [6.07, 6.45) is 0. The minimum absolute atomic E-state index is 0.269. The van der Waals surface area contributed by atoms with Gasteiger partial charge >= 0.3 is 0 Å². The molecule has 0 spiro atoms. The van der Waals surface area contributed by atoms with Gasteiger partial charge in [0.05, 0.1) is 0 Å². The standard InChI is InChI=1S/C19H17ClF2N2O/c1-9-14-7-12(21)8-15(13-5-4-11(20)6-16(13)22)17(14)10(2)24-18(9)19(25)23-3/h4-8,10,24H,1-3H3,(H,23,25). The zero-order valence-electron chi connectivity index (χ0n) is 14.0. The van der Waals surface area contributed by atoms with Gasteiger partial charge in [0.1, 0.15) is 17.3 Å². The van der Waals surface area contributed by atoms with Gasteiger partial charge in [-0.2, -0.15) is 0 Å². The van der Waals surface area contributed by atoms with E-state index >= 15 is 0 Å². The maximum absolute atomic E-state index is 14.4. The Balaban J connectivity index is 2.29. The molecular formula is C19H17ClF2N2O. The number of fused-ring (bicyclic) bond motifs is 1. The first-order valence-electron chi connectivity index (χ1n) is 7.82. The number of halogens is 3. The molecule has 1 heterocycles. The highest BCUT2D eigenvalue weighted by Crippen LogP contribution is 2.40. The van der Waals surface area contributed by atoms with Crippen LogP contribution >= 0.6 is 11.6 Å². The van der Waals surface area contributed by atoms with Crippen LogP contribution in [0.15, 0.2) is 36.0 Å². The third kappa shape index (κ3) is 3.00. The Bertz CT molecular complexity index is 909. The van der Waals surface area contributed by atoms with Crippen LogP contribution in [0, 0.1) is 11.6 Å². The lowest BCUT2D eigenvalue weighted by atomic mass is 9.84. The summed E-state index contributed by atoms with van der Waals surface area (Å²) in [4.78, 5) is 12.1. The summed E-state index contributed by atoms with van der Waals surface area (Å²) < 4.78 is 28.7. The first-order valence-corrected chi connectivity index (χ1v) is 8.20. The normalized spacial score (nSPS) is 16.3. The summed E-state index contributed by atoms with van der Waals surface area (Å²) >= 11 is 5.82. The zero-order chi connectivity index (χ0) is 18.3. The van der Waals surface area contributed by atoms with Crippen molar-refractivity contribution in [3.05, 3.63) is 63.8 Å². The van der Waals surface area contributed by atoms with Gasteiger partial charge in [0.15, 0.2) is 0 Å². The molecule has 0 saturated heterocycles. The van der Waals surface area contributed by atoms with E-state index in [1.807, 2.05) is 6.92 Å². The molecule has 1 unspecified atom stereocenters. The highest BCUT2D eigenvalue weighted by molar-refractivity contribution is 6.30. The summed E-state index contributed by atoms with van der Waals surface area (Å²) in [6.45, 7) is 3.59. The Morgan fingerprint density at radius 3 is 2.48 bits per heavy atom. The Morgan fingerprint density at radius 2 is 1.84 bits per heavy atom. The quantitative estimate of drug-likeness (QED) is 0.830. The number of benzene rings is 2. The minimum atomic E-state index is -0.522. The number of hydrogen-bond donors (Lipinski definition) is 2. The summed E-state index contributed by atoms with van der Waals surface area (Å²) in [6, 6.07) is 6.69. The molecule has 1 amide bonds. The van der Waals surface area contributed by atoms with Crippen molar-refractivity contribution < 1.29 is 13.6 Å². The predicted octanol–water partition coefficient (Wildman–Crippen LogP) is 4.43. The van der Waals surface area contributed by atoms with Crippen LogP contribution in [0.4, 0.5) is 8.78 Å². The fourth-order valence-electron chi connectivity index (χ4n) is 3.22. The van der Waals surface area contributed by atoms with E-state index in [-0.39, 0.29) is 22.5 Å². The van der Waals surface area contributed by atoms with E-state index in [0.29, 0.717) is 22.4 Å². The Morgan fingerprint density at radius 1 is 1.16 bits per heavy atom. The monoisotopic (exact) mass is 362 g/mol. The molecule has 0 saturated carbocycles. The molecule has 2 aromatic rings. The molecule has 0 aliphatic carbocycles. The Labute approximate surface area is 149 Å². The van der Waals surface area contributed by atoms with Crippen molar-refractivity contribution in [2.45, 2.75) is 19.9 Å². The first-order chi connectivity index (χ1) is 11.8. The van der Waals surface area contributed by atoms with Gasteiger partial charge in [-0.05, 0) is 66.4 Å². The van der Waals surface area contributed by atoms with Crippen LogP contribution in [-0.2, 0) is 4.79 Å². The molecule has 0 radical (unpaired) electrons. The number of rotatable bonds is 2. The van der Waals surface area contributed by atoms with Gasteiger partial charge in [0.2, 0.25) is 0 Å². The molecule has 3 rings (SSSR count). The summed E-state index contributed by atoms with van der Waals surface area (Å²) in [5.74, 6) is -1.29. The SMILES string of the molecule is CNC(=O)C1=C(C)c2cc(F)cc(-c3ccc(Cl)cc3F)c2C(C)N1. The van der Waals surface area contributed by atoms with E-state index in [0.717, 1.165) is 5.56 Å². The predicted molar refractivity (Wildman–Crippen MR) is 95.0 cm³/mol. The van der Waals surface area contributed by atoms with Crippen molar-refractivity contribution in [2.24, 2.45) is 0 Å². The van der Waals surface area contributed by atoms with Gasteiger partial charge in [0.25, 0.3) is 5.91 Å². The van der Waals surface area contributed by atoms with Crippen LogP contribution in [0.2, 0.25) is 5.02 Å². The first kappa shape index (κ1) is 17.4. The second-order valence-electron chi connectivity index (χ2n) is 5.98. The van der Waals surface area contributed by atoms with E-state index in [4.69, 9.17) is 11.6 Å². The van der Waals surface area contributed by atoms with Crippen molar-refractivity contribution in [3.8, 4) is 11.1 Å². The van der Waals surface area contributed by atoms with E-state index in [9.17, 15) is 13.6 Å². The smallest absolute Gasteiger partial charge is 0.267 e. The van der Waals surface area contributed by atoms with Crippen molar-refractivity contribution in [1.29, 1.82) is 0 Å². The number of allylic oxidation sites excluding steroid dienone is 1. The fourth-order valence-corrected chi connectivity index (χ4v) is 3.38. The molecule has 25 heavy (non-hydrogen) atoms. The lowest BCUT2D eigenvalue weighted by Crippen LogP contribution is -2.34. The topological polar surface area (TPSA) is 41.1 Å². The molecule has 3 nitrogen and oxygen atoms in total. The summed E-state index contributed by atoms with van der Waals surface area (Å²) in [5, 5.41) is 5.97. The maximum atomic E-state index is 14.4.